The number of ether oxygens (including phenoxy) is 1. The first kappa shape index (κ1) is 15.4. The maximum atomic E-state index is 11.9. The second-order valence-corrected chi connectivity index (χ2v) is 7.60. The molecule has 0 N–H and O–H groups in total. The molecule has 0 bridgehead atoms. The van der Waals surface area contributed by atoms with Crippen LogP contribution in [0.25, 0.3) is 25.1 Å². The van der Waals surface area contributed by atoms with Crippen molar-refractivity contribution in [1.82, 2.24) is 0 Å². The molecule has 3 aromatic carbocycles. The number of carbonyl (C=O) groups is 1. The molecule has 0 saturated carbocycles. The molecule has 0 aliphatic rings. The molecule has 1 unspecified atom stereocenters. The summed E-state index contributed by atoms with van der Waals surface area (Å²) in [6.07, 6.45) is 0. The number of nitriles is 1. The van der Waals surface area contributed by atoms with Gasteiger partial charge in [0.05, 0.1) is 24.3 Å². The van der Waals surface area contributed by atoms with Gasteiger partial charge in [-0.1, -0.05) is 12.1 Å². The van der Waals surface area contributed by atoms with Crippen LogP contribution in [0.15, 0.2) is 66.7 Å². The number of esters is 1. The Morgan fingerprint density at radius 2 is 1.68 bits per heavy atom. The summed E-state index contributed by atoms with van der Waals surface area (Å²) in [5.41, 5.74) is 1.21. The summed E-state index contributed by atoms with van der Waals surface area (Å²) in [5.74, 6) is -0.328. The molecule has 0 aliphatic heterocycles. The Hall–Kier alpha value is -3.16. The monoisotopic (exact) mass is 344 g/mol. The zero-order valence-corrected chi connectivity index (χ0v) is 14.3. The summed E-state index contributed by atoms with van der Waals surface area (Å²) in [6, 6.07) is 23.9. The van der Waals surface area contributed by atoms with Gasteiger partial charge in [0.25, 0.3) is 0 Å². The summed E-state index contributed by atoms with van der Waals surface area (Å²) in [7, 11) is 1.16. The normalized spacial score (nSPS) is 11.4. The lowest BCUT2D eigenvalue weighted by atomic mass is 10.1. The number of carbonyl (C=O) groups excluding carboxylic acids is 1. The predicted octanol–water partition coefficient (Wildman–Crippen LogP) is 5.39. The molecule has 120 valence electrons. The van der Waals surface area contributed by atoms with Crippen molar-refractivity contribution < 1.29 is 9.53 Å². The zero-order valence-electron chi connectivity index (χ0n) is 13.5. The van der Waals surface area contributed by atoms with E-state index in [9.17, 15) is 4.79 Å². The van der Waals surface area contributed by atoms with Crippen LogP contribution in [0.1, 0.15) is 15.9 Å². The summed E-state index contributed by atoms with van der Waals surface area (Å²) in [6.45, 7) is 0. The Bertz CT molecular complexity index is 1150. The van der Waals surface area contributed by atoms with Crippen LogP contribution >= 0.6 is 10.5 Å². The van der Waals surface area contributed by atoms with Crippen LogP contribution in [0.5, 0.6) is 0 Å². The van der Waals surface area contributed by atoms with Crippen molar-refractivity contribution >= 4 is 36.6 Å². The minimum Gasteiger partial charge on any atom is -0.465 e. The molecule has 0 aliphatic carbocycles. The Labute approximate surface area is 147 Å². The van der Waals surface area contributed by atoms with Gasteiger partial charge in [-0.05, 0) is 54.6 Å². The minimum absolute atomic E-state index is 0.236. The van der Waals surface area contributed by atoms with Crippen molar-refractivity contribution in [2.75, 3.05) is 7.11 Å². The predicted molar refractivity (Wildman–Crippen MR) is 101 cm³/mol. The molecule has 0 spiro atoms. The molecule has 3 nitrogen and oxygen atoms in total. The molecule has 1 aromatic heterocycles. The minimum atomic E-state index is -0.328. The third kappa shape index (κ3) is 2.46. The average Bonchev–Trinajstić information content (AvgIpc) is 3.01. The van der Waals surface area contributed by atoms with Crippen LogP contribution in [-0.4, -0.2) is 13.1 Å². The van der Waals surface area contributed by atoms with Crippen LogP contribution in [0.3, 0.4) is 0 Å². The fraction of sp³-hybridized carbons (Fsp3) is 0.0476. The van der Waals surface area contributed by atoms with Crippen LogP contribution < -0.4 is 0 Å². The topological polar surface area (TPSA) is 50.1 Å². The van der Waals surface area contributed by atoms with E-state index < -0.39 is 0 Å². The zero-order chi connectivity index (χ0) is 17.4. The van der Waals surface area contributed by atoms with E-state index in [2.05, 4.69) is 18.2 Å². The Morgan fingerprint density at radius 1 is 0.960 bits per heavy atom. The second kappa shape index (κ2) is 6.04. The van der Waals surface area contributed by atoms with E-state index >= 15 is 0 Å². The Balaban J connectivity index is 2.05. The summed E-state index contributed by atoms with van der Waals surface area (Å²) in [4.78, 5) is 13.1. The van der Waals surface area contributed by atoms with Gasteiger partial charge < -0.3 is 4.74 Å². The molecule has 0 radical (unpaired) electrons. The fourth-order valence-corrected chi connectivity index (χ4v) is 5.43. The smallest absolute Gasteiger partial charge is 0.337 e. The highest BCUT2D eigenvalue weighted by Gasteiger charge is 2.24. The molecule has 25 heavy (non-hydrogen) atoms. The number of thiophene rings is 1. The van der Waals surface area contributed by atoms with Crippen molar-refractivity contribution in [3.63, 3.8) is 0 Å². The largest absolute Gasteiger partial charge is 0.465 e. The molecule has 4 heteroatoms. The first-order valence-electron chi connectivity index (χ1n) is 7.79. The number of nitrogens with zero attached hydrogens (tertiary/aromatic N) is 1. The highest BCUT2D eigenvalue weighted by Crippen LogP contribution is 2.48. The Kier molecular flexibility index (Phi) is 3.72. The molecule has 1 atom stereocenters. The van der Waals surface area contributed by atoms with E-state index in [1.165, 1.54) is 16.5 Å². The van der Waals surface area contributed by atoms with Gasteiger partial charge in [-0.2, -0.15) is 5.26 Å². The number of hydrogen-bond donors (Lipinski definition) is 0. The quantitative estimate of drug-likeness (QED) is 0.362. The van der Waals surface area contributed by atoms with Crippen molar-refractivity contribution in [3.8, 4) is 11.0 Å². The SMILES string of the molecule is COC(=O)c1ccc2c(c1)c1ccccc1[s+]2-c1ccc(C#N)cc1. The second-order valence-electron chi connectivity index (χ2n) is 5.64. The molecule has 0 fully saturated rings. The van der Waals surface area contributed by atoms with Gasteiger partial charge in [0, 0.05) is 21.2 Å². The van der Waals surface area contributed by atoms with Crippen molar-refractivity contribution in [2.45, 2.75) is 0 Å². The van der Waals surface area contributed by atoms with Gasteiger partial charge in [-0.3, -0.25) is 0 Å². The first-order valence-corrected chi connectivity index (χ1v) is 9.01. The lowest BCUT2D eigenvalue weighted by Gasteiger charge is -1.98. The lowest BCUT2D eigenvalue weighted by Crippen LogP contribution is -2.00. The third-order valence-electron chi connectivity index (χ3n) is 4.24. The molecule has 0 amide bonds. The van der Waals surface area contributed by atoms with E-state index in [1.807, 2.05) is 54.6 Å². The molecular formula is C21H14NO2S+. The maximum absolute atomic E-state index is 11.9. The summed E-state index contributed by atoms with van der Waals surface area (Å²) >= 11 is 0. The fourth-order valence-electron chi connectivity index (χ4n) is 3.07. The van der Waals surface area contributed by atoms with Gasteiger partial charge in [-0.15, -0.1) is 0 Å². The van der Waals surface area contributed by atoms with E-state index in [0.717, 1.165) is 15.7 Å². The summed E-state index contributed by atoms with van der Waals surface area (Å²) < 4.78 is 7.29. The van der Waals surface area contributed by atoms with Crippen molar-refractivity contribution in [3.05, 3.63) is 77.9 Å². The van der Waals surface area contributed by atoms with E-state index in [1.54, 1.807) is 0 Å². The third-order valence-corrected chi connectivity index (χ3v) is 6.57. The van der Waals surface area contributed by atoms with E-state index in [-0.39, 0.29) is 16.4 Å². The standard InChI is InChI=1S/C21H14NO2S/c1-24-21(23)15-8-11-20-18(12-15)17-4-2-3-5-19(17)25(20)16-9-6-14(13-22)7-10-16/h2-12H,1H3/q+1. The molecule has 1 heterocycles. The lowest BCUT2D eigenvalue weighted by molar-refractivity contribution is 0.0601. The van der Waals surface area contributed by atoms with Gasteiger partial charge in [-0.25, -0.2) is 4.79 Å². The summed E-state index contributed by atoms with van der Waals surface area (Å²) in [5, 5.41) is 11.2. The van der Waals surface area contributed by atoms with Crippen molar-refractivity contribution in [2.24, 2.45) is 0 Å². The molecular weight excluding hydrogens is 330 g/mol. The number of benzene rings is 3. The van der Waals surface area contributed by atoms with Gasteiger partial charge in [0.1, 0.15) is 0 Å². The van der Waals surface area contributed by atoms with Crippen LogP contribution in [-0.2, 0) is 4.74 Å². The Morgan fingerprint density at radius 3 is 2.40 bits per heavy atom. The van der Waals surface area contributed by atoms with Crippen molar-refractivity contribution in [1.29, 1.82) is 5.26 Å². The maximum Gasteiger partial charge on any atom is 0.337 e. The van der Waals surface area contributed by atoms with Gasteiger partial charge in [0.2, 0.25) is 0 Å². The highest BCUT2D eigenvalue weighted by molar-refractivity contribution is 7.50. The van der Waals surface area contributed by atoms with E-state index in [0.29, 0.717) is 11.1 Å². The number of hydrogen-bond acceptors (Lipinski definition) is 3. The van der Waals surface area contributed by atoms with Crippen LogP contribution in [0.4, 0.5) is 0 Å². The van der Waals surface area contributed by atoms with Gasteiger partial charge >= 0.3 is 5.97 Å². The van der Waals surface area contributed by atoms with Crippen LogP contribution in [0, 0.1) is 11.3 Å². The van der Waals surface area contributed by atoms with Crippen LogP contribution in [0.2, 0.25) is 0 Å². The molecule has 0 saturated heterocycles. The van der Waals surface area contributed by atoms with E-state index in [4.69, 9.17) is 10.00 Å². The number of fused-ring (bicyclic) bond motifs is 3. The average molecular weight is 344 g/mol. The first-order chi connectivity index (χ1) is 12.2. The molecule has 4 aromatic rings. The number of rotatable bonds is 2. The number of methoxy groups -OCH3 is 1. The highest BCUT2D eigenvalue weighted by atomic mass is 32.2. The van der Waals surface area contributed by atoms with Gasteiger partial charge in [0.15, 0.2) is 14.3 Å². The molecule has 4 rings (SSSR count).